The zero-order valence-electron chi connectivity index (χ0n) is 13.7. The molecule has 0 aliphatic heterocycles. The van der Waals surface area contributed by atoms with E-state index in [1.54, 1.807) is 0 Å². The molecular formula is C17H35NO2. The van der Waals surface area contributed by atoms with Gasteiger partial charge in [-0.05, 0) is 31.6 Å². The fourth-order valence-corrected chi connectivity index (χ4v) is 2.60. The second-order valence-corrected chi connectivity index (χ2v) is 6.60. The van der Waals surface area contributed by atoms with Crippen LogP contribution in [-0.2, 0) is 4.74 Å². The maximum Gasteiger partial charge on any atom is 0.0897 e. The molecule has 2 N–H and O–H groups in total. The van der Waals surface area contributed by atoms with Crippen LogP contribution in [0.25, 0.3) is 0 Å². The predicted octanol–water partition coefficient (Wildman–Crippen LogP) is 3.36. The highest BCUT2D eigenvalue weighted by Gasteiger charge is 2.23. The van der Waals surface area contributed by atoms with Gasteiger partial charge in [0.2, 0.25) is 0 Å². The lowest BCUT2D eigenvalue weighted by atomic mass is 10.0. The summed E-state index contributed by atoms with van der Waals surface area (Å²) < 4.78 is 5.68. The highest BCUT2D eigenvalue weighted by molar-refractivity contribution is 4.78. The highest BCUT2D eigenvalue weighted by Crippen LogP contribution is 2.33. The molecule has 3 nitrogen and oxygen atoms in total. The van der Waals surface area contributed by atoms with Gasteiger partial charge < -0.3 is 15.2 Å². The lowest BCUT2D eigenvalue weighted by Gasteiger charge is -2.19. The Morgan fingerprint density at radius 2 is 2.00 bits per heavy atom. The molecule has 0 aromatic rings. The van der Waals surface area contributed by atoms with Crippen LogP contribution in [0.1, 0.15) is 65.7 Å². The van der Waals surface area contributed by atoms with E-state index in [2.05, 4.69) is 26.1 Å². The fourth-order valence-electron chi connectivity index (χ4n) is 2.60. The molecule has 1 aliphatic carbocycles. The van der Waals surface area contributed by atoms with Gasteiger partial charge in [-0.15, -0.1) is 0 Å². The van der Waals surface area contributed by atoms with Gasteiger partial charge in [-0.3, -0.25) is 0 Å². The SMILES string of the molecule is CCCCC(CC)COCC(O)CNC(C)CC1CC1. The third-order valence-corrected chi connectivity index (χ3v) is 4.29. The second-order valence-electron chi connectivity index (χ2n) is 6.60. The van der Waals surface area contributed by atoms with Crippen molar-refractivity contribution in [2.75, 3.05) is 19.8 Å². The molecule has 0 bridgehead atoms. The summed E-state index contributed by atoms with van der Waals surface area (Å²) in [5.74, 6) is 1.60. The van der Waals surface area contributed by atoms with Gasteiger partial charge in [0.25, 0.3) is 0 Å². The number of ether oxygens (including phenoxy) is 1. The van der Waals surface area contributed by atoms with E-state index >= 15 is 0 Å². The smallest absolute Gasteiger partial charge is 0.0897 e. The van der Waals surface area contributed by atoms with E-state index in [1.165, 1.54) is 44.9 Å². The lowest BCUT2D eigenvalue weighted by molar-refractivity contribution is 0.0183. The lowest BCUT2D eigenvalue weighted by Crippen LogP contribution is -2.36. The monoisotopic (exact) mass is 285 g/mol. The van der Waals surface area contributed by atoms with Gasteiger partial charge in [0.15, 0.2) is 0 Å². The number of rotatable bonds is 13. The molecule has 0 aromatic heterocycles. The molecule has 120 valence electrons. The van der Waals surface area contributed by atoms with E-state index < -0.39 is 0 Å². The third kappa shape index (κ3) is 8.93. The minimum absolute atomic E-state index is 0.375. The van der Waals surface area contributed by atoms with Crippen molar-refractivity contribution >= 4 is 0 Å². The first-order chi connectivity index (χ1) is 9.65. The first-order valence-corrected chi connectivity index (χ1v) is 8.64. The Balaban J connectivity index is 1.98. The van der Waals surface area contributed by atoms with Crippen molar-refractivity contribution in [1.82, 2.24) is 5.32 Å². The summed E-state index contributed by atoms with van der Waals surface area (Å²) in [7, 11) is 0. The van der Waals surface area contributed by atoms with Gasteiger partial charge >= 0.3 is 0 Å². The molecule has 0 saturated heterocycles. The Hall–Kier alpha value is -0.120. The second kappa shape index (κ2) is 10.6. The van der Waals surface area contributed by atoms with E-state index in [-0.39, 0.29) is 6.10 Å². The molecule has 0 spiro atoms. The van der Waals surface area contributed by atoms with Crippen LogP contribution in [-0.4, -0.2) is 37.0 Å². The van der Waals surface area contributed by atoms with Gasteiger partial charge in [-0.1, -0.05) is 46.0 Å². The standard InChI is InChI=1S/C17H35NO2/c1-4-6-7-15(5-2)12-20-13-17(19)11-18-14(3)10-16-8-9-16/h14-19H,4-13H2,1-3H3. The molecule has 1 rings (SSSR count). The van der Waals surface area contributed by atoms with Crippen LogP contribution in [0.2, 0.25) is 0 Å². The number of hydrogen-bond donors (Lipinski definition) is 2. The van der Waals surface area contributed by atoms with Crippen molar-refractivity contribution in [2.24, 2.45) is 11.8 Å². The minimum atomic E-state index is -0.375. The number of hydrogen-bond acceptors (Lipinski definition) is 3. The van der Waals surface area contributed by atoms with Crippen LogP contribution in [0, 0.1) is 11.8 Å². The molecule has 0 heterocycles. The summed E-state index contributed by atoms with van der Waals surface area (Å²) in [6, 6.07) is 0.519. The van der Waals surface area contributed by atoms with Crippen molar-refractivity contribution in [3.05, 3.63) is 0 Å². The van der Waals surface area contributed by atoms with Crippen LogP contribution in [0.4, 0.5) is 0 Å². The molecule has 3 heteroatoms. The topological polar surface area (TPSA) is 41.5 Å². The van der Waals surface area contributed by atoms with Crippen LogP contribution in [0.5, 0.6) is 0 Å². The zero-order chi connectivity index (χ0) is 14.8. The van der Waals surface area contributed by atoms with Gasteiger partial charge in [0, 0.05) is 19.2 Å². The van der Waals surface area contributed by atoms with Gasteiger partial charge in [-0.25, -0.2) is 0 Å². The van der Waals surface area contributed by atoms with Crippen molar-refractivity contribution in [3.8, 4) is 0 Å². The van der Waals surface area contributed by atoms with Crippen molar-refractivity contribution < 1.29 is 9.84 Å². The maximum atomic E-state index is 9.92. The molecular weight excluding hydrogens is 250 g/mol. The Kier molecular flexibility index (Phi) is 9.49. The van der Waals surface area contributed by atoms with E-state index in [9.17, 15) is 5.11 Å². The summed E-state index contributed by atoms with van der Waals surface area (Å²) in [6.07, 6.45) is 8.63. The van der Waals surface area contributed by atoms with Crippen molar-refractivity contribution in [3.63, 3.8) is 0 Å². The van der Waals surface area contributed by atoms with E-state index in [1.807, 2.05) is 0 Å². The Morgan fingerprint density at radius 3 is 2.60 bits per heavy atom. The van der Waals surface area contributed by atoms with Gasteiger partial charge in [-0.2, -0.15) is 0 Å². The average Bonchev–Trinajstić information content (AvgIpc) is 3.24. The van der Waals surface area contributed by atoms with Gasteiger partial charge in [0.1, 0.15) is 0 Å². The number of nitrogens with one attached hydrogen (secondary N) is 1. The summed E-state index contributed by atoms with van der Waals surface area (Å²) in [5.41, 5.74) is 0. The molecule has 1 saturated carbocycles. The average molecular weight is 285 g/mol. The first-order valence-electron chi connectivity index (χ1n) is 8.64. The molecule has 0 amide bonds. The molecule has 1 fully saturated rings. The van der Waals surface area contributed by atoms with E-state index in [4.69, 9.17) is 4.74 Å². The molecule has 3 unspecified atom stereocenters. The van der Waals surface area contributed by atoms with E-state index in [0.717, 1.165) is 12.5 Å². The zero-order valence-corrected chi connectivity index (χ0v) is 13.7. The summed E-state index contributed by atoms with van der Waals surface area (Å²) in [6.45, 7) is 8.58. The van der Waals surface area contributed by atoms with Crippen LogP contribution in [0.15, 0.2) is 0 Å². The summed E-state index contributed by atoms with van der Waals surface area (Å²) >= 11 is 0. The minimum Gasteiger partial charge on any atom is -0.389 e. The van der Waals surface area contributed by atoms with Crippen LogP contribution >= 0.6 is 0 Å². The number of aliphatic hydroxyl groups excluding tert-OH is 1. The highest BCUT2D eigenvalue weighted by atomic mass is 16.5. The first kappa shape index (κ1) is 17.9. The van der Waals surface area contributed by atoms with Gasteiger partial charge in [0.05, 0.1) is 12.7 Å². The normalized spacial score (nSPS) is 19.8. The largest absolute Gasteiger partial charge is 0.389 e. The van der Waals surface area contributed by atoms with Crippen molar-refractivity contribution in [1.29, 1.82) is 0 Å². The van der Waals surface area contributed by atoms with Crippen LogP contribution < -0.4 is 5.32 Å². The molecule has 0 aromatic carbocycles. The quantitative estimate of drug-likeness (QED) is 0.545. The number of aliphatic hydroxyl groups is 1. The van der Waals surface area contributed by atoms with Crippen molar-refractivity contribution in [2.45, 2.75) is 77.9 Å². The summed E-state index contributed by atoms with van der Waals surface area (Å²) in [4.78, 5) is 0. The Bertz CT molecular complexity index is 231. The Labute approximate surface area is 125 Å². The maximum absolute atomic E-state index is 9.92. The number of unbranched alkanes of at least 4 members (excludes halogenated alkanes) is 1. The summed E-state index contributed by atoms with van der Waals surface area (Å²) in [5, 5.41) is 13.3. The third-order valence-electron chi connectivity index (χ3n) is 4.29. The predicted molar refractivity (Wildman–Crippen MR) is 84.9 cm³/mol. The van der Waals surface area contributed by atoms with E-state index in [0.29, 0.717) is 25.1 Å². The molecule has 0 radical (unpaired) electrons. The molecule has 20 heavy (non-hydrogen) atoms. The molecule has 3 atom stereocenters. The fraction of sp³-hybridized carbons (Fsp3) is 1.00. The Morgan fingerprint density at radius 1 is 1.25 bits per heavy atom. The van der Waals surface area contributed by atoms with Crippen LogP contribution in [0.3, 0.4) is 0 Å². The molecule has 1 aliphatic rings.